The van der Waals surface area contributed by atoms with Crippen LogP contribution in [0.5, 0.6) is 0 Å². The van der Waals surface area contributed by atoms with Gasteiger partial charge in [0.05, 0.1) is 5.56 Å². The molecular formula is C9H12N2O4. The number of aromatic carboxylic acids is 1. The first-order chi connectivity index (χ1) is 7.13. The maximum atomic E-state index is 10.2. The monoisotopic (exact) mass is 212 g/mol. The summed E-state index contributed by atoms with van der Waals surface area (Å²) in [6, 6.07) is 8.30. The van der Waals surface area contributed by atoms with Gasteiger partial charge in [-0.25, -0.2) is 15.1 Å². The first-order valence-corrected chi connectivity index (χ1v) is 3.70. The fourth-order valence-electron chi connectivity index (χ4n) is 0.581. The summed E-state index contributed by atoms with van der Waals surface area (Å²) in [6.07, 6.45) is 0. The van der Waals surface area contributed by atoms with Crippen molar-refractivity contribution in [2.24, 2.45) is 0 Å². The number of carboxylic acid groups (broad SMARTS) is 1. The molecule has 0 amide bonds. The molecule has 0 aliphatic heterocycles. The number of carbonyl (C=O) groups is 1. The summed E-state index contributed by atoms with van der Waals surface area (Å²) in [5, 5.41) is 28.0. The SMILES string of the molecule is C=[NH+][O-].C=[NH+][O-].O=C(O)c1ccccc1. The molecule has 0 saturated heterocycles. The summed E-state index contributed by atoms with van der Waals surface area (Å²) in [4.78, 5) is 10.2. The van der Waals surface area contributed by atoms with Gasteiger partial charge in [0.25, 0.3) is 0 Å². The lowest BCUT2D eigenvalue weighted by atomic mass is 10.2. The molecule has 0 bridgehead atoms. The predicted octanol–water partition coefficient (Wildman–Crippen LogP) is -2.08. The smallest absolute Gasteiger partial charge is 0.335 e. The molecule has 1 aromatic carbocycles. The van der Waals surface area contributed by atoms with Crippen molar-refractivity contribution in [2.75, 3.05) is 0 Å². The summed E-state index contributed by atoms with van der Waals surface area (Å²) >= 11 is 0. The molecule has 0 spiro atoms. The Morgan fingerprint density at radius 1 is 1.13 bits per heavy atom. The van der Waals surface area contributed by atoms with Crippen LogP contribution in [0.4, 0.5) is 0 Å². The molecule has 0 aliphatic carbocycles. The Morgan fingerprint density at radius 2 is 1.47 bits per heavy atom. The van der Waals surface area contributed by atoms with Crippen molar-refractivity contribution < 1.29 is 20.2 Å². The van der Waals surface area contributed by atoms with Crippen molar-refractivity contribution in [1.29, 1.82) is 0 Å². The summed E-state index contributed by atoms with van der Waals surface area (Å²) in [7, 11) is 0. The molecule has 0 unspecified atom stereocenters. The number of benzene rings is 1. The molecule has 0 saturated carbocycles. The summed E-state index contributed by atoms with van der Waals surface area (Å²) in [5.41, 5.74) is 0.331. The highest BCUT2D eigenvalue weighted by atomic mass is 16.4. The van der Waals surface area contributed by atoms with Crippen LogP contribution < -0.4 is 10.3 Å². The van der Waals surface area contributed by atoms with Gasteiger partial charge in [0.1, 0.15) is 13.4 Å². The Kier molecular flexibility index (Phi) is 11.7. The Balaban J connectivity index is 0. The zero-order chi connectivity index (χ0) is 12.1. The van der Waals surface area contributed by atoms with E-state index in [1.54, 1.807) is 30.3 Å². The van der Waals surface area contributed by atoms with Crippen LogP contribution in [0.25, 0.3) is 0 Å². The van der Waals surface area contributed by atoms with Crippen molar-refractivity contribution in [1.82, 2.24) is 0 Å². The first-order valence-electron chi connectivity index (χ1n) is 3.70. The largest absolute Gasteiger partial charge is 0.626 e. The number of nitrogens with one attached hydrogen (secondary N) is 2. The lowest BCUT2D eigenvalue weighted by molar-refractivity contribution is -0.362. The van der Waals surface area contributed by atoms with Crippen molar-refractivity contribution in [2.45, 2.75) is 0 Å². The fourth-order valence-corrected chi connectivity index (χ4v) is 0.581. The highest BCUT2D eigenvalue weighted by Crippen LogP contribution is 1.96. The van der Waals surface area contributed by atoms with E-state index in [1.165, 1.54) is 10.3 Å². The Hall–Kier alpha value is -2.37. The van der Waals surface area contributed by atoms with Gasteiger partial charge in [-0.15, -0.1) is 0 Å². The van der Waals surface area contributed by atoms with Crippen LogP contribution in [0.3, 0.4) is 0 Å². The minimum atomic E-state index is -0.879. The van der Waals surface area contributed by atoms with Crippen molar-refractivity contribution >= 4 is 19.4 Å². The lowest BCUT2D eigenvalue weighted by Crippen LogP contribution is -2.56. The van der Waals surface area contributed by atoms with Gasteiger partial charge in [0, 0.05) is 0 Å². The molecule has 1 aromatic rings. The van der Waals surface area contributed by atoms with E-state index in [1.807, 2.05) is 0 Å². The maximum Gasteiger partial charge on any atom is 0.335 e. The van der Waals surface area contributed by atoms with Crippen LogP contribution in [-0.4, -0.2) is 24.5 Å². The molecule has 0 fully saturated rings. The van der Waals surface area contributed by atoms with Crippen LogP contribution >= 0.6 is 0 Å². The van der Waals surface area contributed by atoms with Crippen molar-refractivity contribution in [3.8, 4) is 0 Å². The van der Waals surface area contributed by atoms with Gasteiger partial charge >= 0.3 is 5.97 Å². The zero-order valence-corrected chi connectivity index (χ0v) is 7.97. The van der Waals surface area contributed by atoms with Gasteiger partial charge in [-0.3, -0.25) is 0 Å². The lowest BCUT2D eigenvalue weighted by Gasteiger charge is -1.88. The highest BCUT2D eigenvalue weighted by Gasteiger charge is 1.96. The van der Waals surface area contributed by atoms with Gasteiger partial charge in [-0.2, -0.15) is 0 Å². The molecule has 6 heteroatoms. The van der Waals surface area contributed by atoms with Crippen LogP contribution in [0.2, 0.25) is 0 Å². The molecule has 1 rings (SSSR count). The average Bonchev–Trinajstić information content (AvgIpc) is 2.21. The third-order valence-electron chi connectivity index (χ3n) is 1.02. The van der Waals surface area contributed by atoms with E-state index in [4.69, 9.17) is 15.5 Å². The number of hydrogen-bond acceptors (Lipinski definition) is 3. The predicted molar refractivity (Wildman–Crippen MR) is 56.3 cm³/mol. The molecule has 0 heterocycles. The average molecular weight is 212 g/mol. The molecule has 0 radical (unpaired) electrons. The quantitative estimate of drug-likeness (QED) is 0.281. The van der Waals surface area contributed by atoms with E-state index in [-0.39, 0.29) is 0 Å². The number of carboxylic acids is 1. The third-order valence-corrected chi connectivity index (χ3v) is 1.02. The topological polar surface area (TPSA) is 111 Å². The summed E-state index contributed by atoms with van der Waals surface area (Å²) in [5.74, 6) is -0.879. The maximum absolute atomic E-state index is 10.2. The number of hydrogen-bond donors (Lipinski definition) is 3. The second kappa shape index (κ2) is 11.6. The van der Waals surface area contributed by atoms with E-state index in [0.717, 1.165) is 0 Å². The second-order valence-electron chi connectivity index (χ2n) is 1.96. The van der Waals surface area contributed by atoms with Gasteiger partial charge in [-0.05, 0) is 12.1 Å². The molecule has 6 nitrogen and oxygen atoms in total. The fraction of sp³-hybridized carbons (Fsp3) is 0. The number of rotatable bonds is 1. The van der Waals surface area contributed by atoms with Crippen LogP contribution in [0.1, 0.15) is 10.4 Å². The third kappa shape index (κ3) is 11.6. The first kappa shape index (κ1) is 15.1. The molecule has 3 N–H and O–H groups in total. The van der Waals surface area contributed by atoms with Crippen LogP contribution in [0, 0.1) is 10.4 Å². The molecule has 0 atom stereocenters. The molecule has 15 heavy (non-hydrogen) atoms. The van der Waals surface area contributed by atoms with E-state index in [0.29, 0.717) is 5.56 Å². The summed E-state index contributed by atoms with van der Waals surface area (Å²) < 4.78 is 0. The van der Waals surface area contributed by atoms with Crippen LogP contribution in [-0.2, 0) is 0 Å². The summed E-state index contributed by atoms with van der Waals surface area (Å²) in [6.45, 7) is 5.36. The zero-order valence-electron chi connectivity index (χ0n) is 7.97. The Labute approximate surface area is 86.8 Å². The highest BCUT2D eigenvalue weighted by molar-refractivity contribution is 5.87. The van der Waals surface area contributed by atoms with Gasteiger partial charge in [-0.1, -0.05) is 18.2 Å². The Morgan fingerprint density at radius 3 is 1.67 bits per heavy atom. The molecule has 82 valence electrons. The van der Waals surface area contributed by atoms with Gasteiger partial charge in [0.15, 0.2) is 0 Å². The van der Waals surface area contributed by atoms with E-state index in [2.05, 4.69) is 13.4 Å². The molecule has 0 aliphatic rings. The van der Waals surface area contributed by atoms with E-state index >= 15 is 0 Å². The second-order valence-corrected chi connectivity index (χ2v) is 1.96. The van der Waals surface area contributed by atoms with Gasteiger partial charge in [0.2, 0.25) is 0 Å². The standard InChI is InChI=1S/C7H6O2.2CH3NO/c8-7(9)6-4-2-1-3-5-6;2*1-2-3/h1-5H,(H,8,9);2*2H,1H2. The Bertz CT molecular complexity index is 281. The minimum Gasteiger partial charge on any atom is -0.626 e. The van der Waals surface area contributed by atoms with Crippen LogP contribution in [0.15, 0.2) is 30.3 Å². The van der Waals surface area contributed by atoms with Gasteiger partial charge < -0.3 is 15.5 Å². The molecule has 0 aromatic heterocycles. The van der Waals surface area contributed by atoms with Crippen molar-refractivity contribution in [3.63, 3.8) is 0 Å². The normalized spacial score (nSPS) is 6.93. The van der Waals surface area contributed by atoms with E-state index < -0.39 is 5.97 Å². The van der Waals surface area contributed by atoms with Crippen molar-refractivity contribution in [3.05, 3.63) is 46.3 Å². The van der Waals surface area contributed by atoms with E-state index in [9.17, 15) is 4.79 Å². The molecular weight excluding hydrogens is 200 g/mol. The minimum absolute atomic E-state index is 0.331.